The van der Waals surface area contributed by atoms with Crippen molar-refractivity contribution in [3.63, 3.8) is 0 Å². The van der Waals surface area contributed by atoms with Crippen molar-refractivity contribution in [2.75, 3.05) is 11.4 Å². The number of aryl methyl sites for hydroxylation is 1. The van der Waals surface area contributed by atoms with Gasteiger partial charge in [-0.25, -0.2) is 0 Å². The monoisotopic (exact) mass is 348 g/mol. The summed E-state index contributed by atoms with van der Waals surface area (Å²) >= 11 is 0. The Morgan fingerprint density at radius 3 is 2.58 bits per heavy atom. The predicted octanol–water partition coefficient (Wildman–Crippen LogP) is 3.02. The molecule has 0 radical (unpaired) electrons. The summed E-state index contributed by atoms with van der Waals surface area (Å²) in [5, 5.41) is 4.07. The van der Waals surface area contributed by atoms with Crippen LogP contribution in [0.1, 0.15) is 29.4 Å². The van der Waals surface area contributed by atoms with Gasteiger partial charge in [0.2, 0.25) is 17.6 Å². The third-order valence-electron chi connectivity index (χ3n) is 4.71. The normalized spacial score (nSPS) is 17.1. The Balaban J connectivity index is 1.52. The Kier molecular flexibility index (Phi) is 4.26. The van der Waals surface area contributed by atoms with E-state index in [1.165, 1.54) is 5.56 Å². The average Bonchev–Trinajstić information content (AvgIpc) is 3.29. The van der Waals surface area contributed by atoms with Crippen molar-refractivity contribution in [3.05, 3.63) is 65.5 Å². The van der Waals surface area contributed by atoms with E-state index in [1.807, 2.05) is 55.5 Å². The summed E-state index contributed by atoms with van der Waals surface area (Å²) in [4.78, 5) is 18.7. The highest BCUT2D eigenvalue weighted by atomic mass is 16.5. The Morgan fingerprint density at radius 2 is 1.88 bits per heavy atom. The number of aromatic nitrogens is 2. The molecule has 1 amide bonds. The number of anilines is 1. The molecule has 1 aliphatic rings. The van der Waals surface area contributed by atoms with Crippen molar-refractivity contribution in [1.29, 1.82) is 0 Å². The lowest BCUT2D eigenvalue weighted by molar-refractivity contribution is -0.117. The SMILES string of the molecule is Cc1ccc(N2CC(c3nc(-c4ccc(CN)cc4)no3)CC2=O)cc1. The Morgan fingerprint density at radius 1 is 1.15 bits per heavy atom. The first-order chi connectivity index (χ1) is 12.6. The molecule has 3 aromatic rings. The number of rotatable bonds is 4. The van der Waals surface area contributed by atoms with Crippen LogP contribution in [0.2, 0.25) is 0 Å². The molecule has 6 heteroatoms. The quantitative estimate of drug-likeness (QED) is 0.783. The number of hydrogen-bond acceptors (Lipinski definition) is 5. The zero-order chi connectivity index (χ0) is 18.1. The fourth-order valence-electron chi connectivity index (χ4n) is 3.16. The van der Waals surface area contributed by atoms with Gasteiger partial charge < -0.3 is 15.2 Å². The number of nitrogens with two attached hydrogens (primary N) is 1. The molecule has 4 rings (SSSR count). The maximum atomic E-state index is 12.4. The summed E-state index contributed by atoms with van der Waals surface area (Å²) in [7, 11) is 0. The lowest BCUT2D eigenvalue weighted by Crippen LogP contribution is -2.24. The minimum atomic E-state index is -0.0895. The van der Waals surface area contributed by atoms with Crippen LogP contribution in [-0.2, 0) is 11.3 Å². The second kappa shape index (κ2) is 6.72. The fourth-order valence-corrected chi connectivity index (χ4v) is 3.16. The first-order valence-electron chi connectivity index (χ1n) is 8.64. The molecular weight excluding hydrogens is 328 g/mol. The molecule has 1 saturated heterocycles. The third-order valence-corrected chi connectivity index (χ3v) is 4.71. The van der Waals surface area contributed by atoms with Crippen LogP contribution in [0.4, 0.5) is 5.69 Å². The van der Waals surface area contributed by atoms with Gasteiger partial charge in [-0.1, -0.05) is 47.1 Å². The largest absolute Gasteiger partial charge is 0.339 e. The Hall–Kier alpha value is -2.99. The highest BCUT2D eigenvalue weighted by Crippen LogP contribution is 2.32. The molecule has 0 aliphatic carbocycles. The van der Waals surface area contributed by atoms with Gasteiger partial charge in [0.1, 0.15) is 0 Å². The van der Waals surface area contributed by atoms with Crippen molar-refractivity contribution in [2.24, 2.45) is 5.73 Å². The van der Waals surface area contributed by atoms with Crippen LogP contribution >= 0.6 is 0 Å². The topological polar surface area (TPSA) is 85.2 Å². The number of benzene rings is 2. The Bertz CT molecular complexity index is 916. The predicted molar refractivity (Wildman–Crippen MR) is 98.5 cm³/mol. The zero-order valence-electron chi connectivity index (χ0n) is 14.6. The van der Waals surface area contributed by atoms with Gasteiger partial charge in [0, 0.05) is 30.8 Å². The van der Waals surface area contributed by atoms with E-state index in [9.17, 15) is 4.79 Å². The zero-order valence-corrected chi connectivity index (χ0v) is 14.6. The summed E-state index contributed by atoms with van der Waals surface area (Å²) < 4.78 is 5.45. The highest BCUT2D eigenvalue weighted by Gasteiger charge is 2.35. The minimum Gasteiger partial charge on any atom is -0.339 e. The average molecular weight is 348 g/mol. The number of hydrogen-bond donors (Lipinski definition) is 1. The molecule has 1 fully saturated rings. The number of amides is 1. The molecule has 1 aliphatic heterocycles. The van der Waals surface area contributed by atoms with Gasteiger partial charge in [0.25, 0.3) is 0 Å². The van der Waals surface area contributed by atoms with Crippen molar-refractivity contribution in [3.8, 4) is 11.4 Å². The number of carbonyl (C=O) groups excluding carboxylic acids is 1. The first-order valence-corrected chi connectivity index (χ1v) is 8.64. The third kappa shape index (κ3) is 3.11. The molecule has 0 saturated carbocycles. The van der Waals surface area contributed by atoms with Crippen LogP contribution in [0.3, 0.4) is 0 Å². The molecule has 1 unspecified atom stereocenters. The van der Waals surface area contributed by atoms with Crippen molar-refractivity contribution in [2.45, 2.75) is 25.8 Å². The molecular formula is C20H20N4O2. The highest BCUT2D eigenvalue weighted by molar-refractivity contribution is 5.96. The van der Waals surface area contributed by atoms with Gasteiger partial charge in [-0.2, -0.15) is 4.98 Å². The molecule has 1 aromatic heterocycles. The molecule has 6 nitrogen and oxygen atoms in total. The van der Waals surface area contributed by atoms with E-state index in [0.717, 1.165) is 16.8 Å². The second-order valence-corrected chi connectivity index (χ2v) is 6.60. The maximum absolute atomic E-state index is 12.4. The second-order valence-electron chi connectivity index (χ2n) is 6.60. The van der Waals surface area contributed by atoms with Crippen molar-refractivity contribution >= 4 is 11.6 Å². The molecule has 0 bridgehead atoms. The Labute approximate surface area is 151 Å². The van der Waals surface area contributed by atoms with Gasteiger partial charge in [-0.3, -0.25) is 4.79 Å². The minimum absolute atomic E-state index is 0.0749. The van der Waals surface area contributed by atoms with Crippen LogP contribution in [0.5, 0.6) is 0 Å². The van der Waals surface area contributed by atoms with Crippen LogP contribution in [0, 0.1) is 6.92 Å². The van der Waals surface area contributed by atoms with E-state index >= 15 is 0 Å². The summed E-state index contributed by atoms with van der Waals surface area (Å²) in [5.41, 5.74) is 9.61. The van der Waals surface area contributed by atoms with Gasteiger partial charge >= 0.3 is 0 Å². The van der Waals surface area contributed by atoms with Crippen LogP contribution in [-0.4, -0.2) is 22.6 Å². The van der Waals surface area contributed by atoms with E-state index in [-0.39, 0.29) is 11.8 Å². The van der Waals surface area contributed by atoms with E-state index in [0.29, 0.717) is 31.2 Å². The lowest BCUT2D eigenvalue weighted by atomic mass is 10.1. The summed E-state index contributed by atoms with van der Waals surface area (Å²) in [6, 6.07) is 15.7. The standard InChI is InChI=1S/C20H20N4O2/c1-13-2-8-17(9-3-13)24-12-16(10-18(24)25)20-22-19(23-26-20)15-6-4-14(11-21)5-7-15/h2-9,16H,10-12,21H2,1H3. The number of carbonyl (C=O) groups is 1. The summed E-state index contributed by atoms with van der Waals surface area (Å²) in [6.07, 6.45) is 0.377. The van der Waals surface area contributed by atoms with E-state index in [1.54, 1.807) is 4.90 Å². The summed E-state index contributed by atoms with van der Waals surface area (Å²) in [6.45, 7) is 3.07. The summed E-state index contributed by atoms with van der Waals surface area (Å²) in [5.74, 6) is 1.02. The van der Waals surface area contributed by atoms with E-state index < -0.39 is 0 Å². The molecule has 26 heavy (non-hydrogen) atoms. The molecule has 2 heterocycles. The van der Waals surface area contributed by atoms with Gasteiger partial charge in [0.05, 0.1) is 5.92 Å². The molecule has 2 N–H and O–H groups in total. The van der Waals surface area contributed by atoms with Crippen LogP contribution in [0.15, 0.2) is 53.1 Å². The first kappa shape index (κ1) is 16.5. The van der Waals surface area contributed by atoms with Gasteiger partial charge in [0.15, 0.2) is 0 Å². The molecule has 0 spiro atoms. The van der Waals surface area contributed by atoms with Gasteiger partial charge in [-0.05, 0) is 24.6 Å². The van der Waals surface area contributed by atoms with E-state index in [4.69, 9.17) is 10.3 Å². The number of nitrogens with zero attached hydrogens (tertiary/aromatic N) is 3. The van der Waals surface area contributed by atoms with Crippen molar-refractivity contribution in [1.82, 2.24) is 10.1 Å². The fraction of sp³-hybridized carbons (Fsp3) is 0.250. The van der Waals surface area contributed by atoms with E-state index in [2.05, 4.69) is 10.1 Å². The van der Waals surface area contributed by atoms with Crippen molar-refractivity contribution < 1.29 is 9.32 Å². The van der Waals surface area contributed by atoms with Crippen LogP contribution in [0.25, 0.3) is 11.4 Å². The smallest absolute Gasteiger partial charge is 0.232 e. The lowest BCUT2D eigenvalue weighted by Gasteiger charge is -2.16. The van der Waals surface area contributed by atoms with Gasteiger partial charge in [-0.15, -0.1) is 0 Å². The molecule has 2 aromatic carbocycles. The molecule has 1 atom stereocenters. The molecule has 132 valence electrons. The van der Waals surface area contributed by atoms with Crippen LogP contribution < -0.4 is 10.6 Å². The maximum Gasteiger partial charge on any atom is 0.232 e.